The molecule has 0 aromatic heterocycles. The second kappa shape index (κ2) is 7.27. The molecule has 1 amide bonds. The number of carbonyl (C=O) groups excluding carboxylic acids is 1. The first-order chi connectivity index (χ1) is 10.4. The van der Waals surface area contributed by atoms with Crippen molar-refractivity contribution in [1.29, 1.82) is 0 Å². The van der Waals surface area contributed by atoms with Crippen molar-refractivity contribution in [3.63, 3.8) is 0 Å². The molecule has 2 N–H and O–H groups in total. The number of halogens is 1. The Morgan fingerprint density at radius 3 is 2.41 bits per heavy atom. The van der Waals surface area contributed by atoms with Gasteiger partial charge in [-0.15, -0.1) is 0 Å². The summed E-state index contributed by atoms with van der Waals surface area (Å²) in [6.45, 7) is 1.87. The normalized spacial score (nSPS) is 17.9. The molecule has 0 aliphatic heterocycles. The van der Waals surface area contributed by atoms with Crippen molar-refractivity contribution < 1.29 is 14.7 Å². The number of nitrogens with one attached hydrogen (secondary N) is 1. The van der Waals surface area contributed by atoms with Gasteiger partial charge in [0.2, 0.25) is 5.91 Å². The van der Waals surface area contributed by atoms with Crippen LogP contribution in [0.5, 0.6) is 0 Å². The molecule has 2 rings (SSSR count). The number of hydrogen-bond donors (Lipinski definition) is 2. The highest BCUT2D eigenvalue weighted by Gasteiger charge is 2.42. The smallest absolute Gasteiger partial charge is 0.303 e. The van der Waals surface area contributed by atoms with Crippen LogP contribution in [-0.2, 0) is 15.0 Å². The van der Waals surface area contributed by atoms with Crippen molar-refractivity contribution in [2.24, 2.45) is 0 Å². The molecule has 0 saturated heterocycles. The zero-order chi connectivity index (χ0) is 16.2. The third-order valence-corrected chi connectivity index (χ3v) is 4.99. The van der Waals surface area contributed by atoms with Crippen LogP contribution in [0.25, 0.3) is 0 Å². The van der Waals surface area contributed by atoms with Crippen LogP contribution in [0.4, 0.5) is 0 Å². The monoisotopic (exact) mass is 367 g/mol. The molecule has 0 bridgehead atoms. The Kier molecular flexibility index (Phi) is 5.62. The summed E-state index contributed by atoms with van der Waals surface area (Å²) in [5, 5.41) is 11.8. The van der Waals surface area contributed by atoms with E-state index in [1.165, 1.54) is 0 Å². The van der Waals surface area contributed by atoms with Gasteiger partial charge in [-0.1, -0.05) is 40.9 Å². The van der Waals surface area contributed by atoms with E-state index < -0.39 is 11.4 Å². The van der Waals surface area contributed by atoms with Crippen molar-refractivity contribution in [3.05, 3.63) is 34.3 Å². The van der Waals surface area contributed by atoms with Gasteiger partial charge in [0.15, 0.2) is 0 Å². The highest BCUT2D eigenvalue weighted by Crippen LogP contribution is 2.41. The van der Waals surface area contributed by atoms with E-state index in [0.29, 0.717) is 6.42 Å². The lowest BCUT2D eigenvalue weighted by Crippen LogP contribution is -2.46. The highest BCUT2D eigenvalue weighted by atomic mass is 79.9. The maximum absolute atomic E-state index is 12.8. The minimum Gasteiger partial charge on any atom is -0.481 e. The standard InChI is InChI=1S/C17H22BrNO3/c1-12(4-9-15(20)21)19-16(22)17(10-2-3-11-17)13-5-7-14(18)8-6-13/h5-8,12H,2-4,9-11H2,1H3,(H,19,22)(H,20,21). The minimum atomic E-state index is -0.829. The van der Waals surface area contributed by atoms with E-state index in [0.717, 1.165) is 35.7 Å². The van der Waals surface area contributed by atoms with Gasteiger partial charge in [0.1, 0.15) is 0 Å². The zero-order valence-corrected chi connectivity index (χ0v) is 14.4. The Balaban J connectivity index is 2.11. The van der Waals surface area contributed by atoms with Gasteiger partial charge < -0.3 is 10.4 Å². The van der Waals surface area contributed by atoms with Crippen LogP contribution in [-0.4, -0.2) is 23.0 Å². The molecule has 0 spiro atoms. The Bertz CT molecular complexity index is 535. The Morgan fingerprint density at radius 2 is 1.86 bits per heavy atom. The summed E-state index contributed by atoms with van der Waals surface area (Å²) in [5.41, 5.74) is 0.592. The summed E-state index contributed by atoms with van der Waals surface area (Å²) < 4.78 is 1.000. The summed E-state index contributed by atoms with van der Waals surface area (Å²) in [6, 6.07) is 7.83. The molecule has 5 heteroatoms. The molecule has 1 atom stereocenters. The van der Waals surface area contributed by atoms with Crippen molar-refractivity contribution >= 4 is 27.8 Å². The molecule has 0 radical (unpaired) electrons. The summed E-state index contributed by atoms with van der Waals surface area (Å²) in [6.07, 6.45) is 4.34. The fourth-order valence-electron chi connectivity index (χ4n) is 3.17. The van der Waals surface area contributed by atoms with E-state index in [1.54, 1.807) is 0 Å². The summed E-state index contributed by atoms with van der Waals surface area (Å²) in [4.78, 5) is 23.5. The van der Waals surface area contributed by atoms with E-state index in [1.807, 2.05) is 31.2 Å². The van der Waals surface area contributed by atoms with Crippen LogP contribution in [0.2, 0.25) is 0 Å². The van der Waals surface area contributed by atoms with Gasteiger partial charge in [-0.05, 0) is 43.9 Å². The maximum Gasteiger partial charge on any atom is 0.303 e. The lowest BCUT2D eigenvalue weighted by Gasteiger charge is -2.30. The van der Waals surface area contributed by atoms with Crippen molar-refractivity contribution in [2.45, 2.75) is 56.9 Å². The lowest BCUT2D eigenvalue weighted by atomic mass is 9.78. The number of carbonyl (C=O) groups is 2. The molecule has 1 aromatic carbocycles. The average molecular weight is 368 g/mol. The molecule has 1 aliphatic rings. The van der Waals surface area contributed by atoms with Crippen molar-refractivity contribution in [1.82, 2.24) is 5.32 Å². The molecule has 1 aromatic rings. The fourth-order valence-corrected chi connectivity index (χ4v) is 3.43. The average Bonchev–Trinajstić information content (AvgIpc) is 2.96. The molecule has 120 valence electrons. The van der Waals surface area contributed by atoms with Gasteiger partial charge in [-0.25, -0.2) is 0 Å². The zero-order valence-electron chi connectivity index (χ0n) is 12.8. The van der Waals surface area contributed by atoms with Crippen molar-refractivity contribution in [2.75, 3.05) is 0 Å². The Hall–Kier alpha value is -1.36. The van der Waals surface area contributed by atoms with Crippen LogP contribution < -0.4 is 5.32 Å². The van der Waals surface area contributed by atoms with Crippen LogP contribution in [0.3, 0.4) is 0 Å². The number of amides is 1. The summed E-state index contributed by atoms with van der Waals surface area (Å²) >= 11 is 3.43. The predicted molar refractivity (Wildman–Crippen MR) is 88.8 cm³/mol. The van der Waals surface area contributed by atoms with E-state index >= 15 is 0 Å². The molecule has 1 unspecified atom stereocenters. The van der Waals surface area contributed by atoms with E-state index in [-0.39, 0.29) is 18.4 Å². The van der Waals surface area contributed by atoms with Crippen LogP contribution in [0.1, 0.15) is 51.0 Å². The van der Waals surface area contributed by atoms with Crippen molar-refractivity contribution in [3.8, 4) is 0 Å². The number of aliphatic carboxylic acids is 1. The predicted octanol–water partition coefficient (Wildman–Crippen LogP) is 3.63. The second-order valence-electron chi connectivity index (χ2n) is 6.10. The van der Waals surface area contributed by atoms with Crippen LogP contribution in [0.15, 0.2) is 28.7 Å². The van der Waals surface area contributed by atoms with Gasteiger partial charge in [0.05, 0.1) is 5.41 Å². The first-order valence-corrected chi connectivity index (χ1v) is 8.52. The molecule has 1 aliphatic carbocycles. The summed E-state index contributed by atoms with van der Waals surface area (Å²) in [7, 11) is 0. The molecule has 1 fully saturated rings. The molecular formula is C17H22BrNO3. The first-order valence-electron chi connectivity index (χ1n) is 7.73. The van der Waals surface area contributed by atoms with Gasteiger partial charge in [0.25, 0.3) is 0 Å². The van der Waals surface area contributed by atoms with Crippen LogP contribution in [0, 0.1) is 0 Å². The minimum absolute atomic E-state index is 0.0326. The number of rotatable bonds is 6. The maximum atomic E-state index is 12.8. The quantitative estimate of drug-likeness (QED) is 0.806. The molecular weight excluding hydrogens is 346 g/mol. The highest BCUT2D eigenvalue weighted by molar-refractivity contribution is 9.10. The largest absolute Gasteiger partial charge is 0.481 e. The SMILES string of the molecule is CC(CCC(=O)O)NC(=O)C1(c2ccc(Br)cc2)CCCC1. The number of carboxylic acid groups (broad SMARTS) is 1. The second-order valence-corrected chi connectivity index (χ2v) is 7.02. The third-order valence-electron chi connectivity index (χ3n) is 4.46. The van der Waals surface area contributed by atoms with E-state index in [9.17, 15) is 9.59 Å². The topological polar surface area (TPSA) is 66.4 Å². The van der Waals surface area contributed by atoms with Gasteiger partial charge in [-0.3, -0.25) is 9.59 Å². The first kappa shape index (κ1) is 17.0. The number of hydrogen-bond acceptors (Lipinski definition) is 2. The van der Waals surface area contributed by atoms with Gasteiger partial charge in [0, 0.05) is 16.9 Å². The Morgan fingerprint density at radius 1 is 1.27 bits per heavy atom. The molecule has 0 heterocycles. The van der Waals surface area contributed by atoms with E-state index in [2.05, 4.69) is 21.2 Å². The Labute approximate surface area is 139 Å². The fraction of sp³-hybridized carbons (Fsp3) is 0.529. The lowest BCUT2D eigenvalue weighted by molar-refractivity contribution is -0.137. The molecule has 1 saturated carbocycles. The molecule has 22 heavy (non-hydrogen) atoms. The number of benzene rings is 1. The van der Waals surface area contributed by atoms with Gasteiger partial charge in [-0.2, -0.15) is 0 Å². The third kappa shape index (κ3) is 3.88. The number of carboxylic acids is 1. The summed E-state index contributed by atoms with van der Waals surface area (Å²) in [5.74, 6) is -0.796. The van der Waals surface area contributed by atoms with Gasteiger partial charge >= 0.3 is 5.97 Å². The van der Waals surface area contributed by atoms with E-state index in [4.69, 9.17) is 5.11 Å². The van der Waals surface area contributed by atoms with Crippen LogP contribution >= 0.6 is 15.9 Å². The molecule has 4 nitrogen and oxygen atoms in total.